The zero-order chi connectivity index (χ0) is 12.8. The van der Waals surface area contributed by atoms with Crippen LogP contribution in [0.4, 0.5) is 0 Å². The van der Waals surface area contributed by atoms with E-state index in [0.717, 1.165) is 13.0 Å². The minimum atomic E-state index is 0.338. The molecule has 0 saturated heterocycles. The van der Waals surface area contributed by atoms with E-state index >= 15 is 0 Å². The zero-order valence-electron chi connectivity index (χ0n) is 11.1. The molecule has 0 radical (unpaired) electrons. The van der Waals surface area contributed by atoms with Gasteiger partial charge >= 0.3 is 0 Å². The van der Waals surface area contributed by atoms with Gasteiger partial charge in [0, 0.05) is 18.4 Å². The Morgan fingerprint density at radius 2 is 1.94 bits per heavy atom. The molecule has 2 nitrogen and oxygen atoms in total. The van der Waals surface area contributed by atoms with E-state index in [-0.39, 0.29) is 0 Å². The number of nitrogens with one attached hydrogen (secondary N) is 1. The quantitative estimate of drug-likeness (QED) is 0.867. The van der Waals surface area contributed by atoms with Crippen LogP contribution in [0.5, 0.6) is 0 Å². The van der Waals surface area contributed by atoms with Crippen molar-refractivity contribution in [2.45, 2.75) is 26.3 Å². The van der Waals surface area contributed by atoms with E-state index < -0.39 is 0 Å². The smallest absolute Gasteiger partial charge is 0.0376 e. The fourth-order valence-corrected chi connectivity index (χ4v) is 2.17. The fraction of sp³-hybridized carbons (Fsp3) is 0.312. The molecule has 0 saturated carbocycles. The number of hydrogen-bond acceptors (Lipinski definition) is 2. The van der Waals surface area contributed by atoms with Gasteiger partial charge < -0.3 is 5.32 Å². The van der Waals surface area contributed by atoms with Crippen LogP contribution < -0.4 is 5.32 Å². The van der Waals surface area contributed by atoms with Crippen molar-refractivity contribution in [2.24, 2.45) is 0 Å². The Labute approximate surface area is 109 Å². The summed E-state index contributed by atoms with van der Waals surface area (Å²) in [5, 5.41) is 3.53. The maximum Gasteiger partial charge on any atom is 0.0376 e. The lowest BCUT2D eigenvalue weighted by molar-refractivity contribution is 0.548. The first-order valence-corrected chi connectivity index (χ1v) is 6.48. The first kappa shape index (κ1) is 12.8. The van der Waals surface area contributed by atoms with E-state index in [0.29, 0.717) is 6.04 Å². The number of aromatic nitrogens is 1. The van der Waals surface area contributed by atoms with E-state index in [4.69, 9.17) is 0 Å². The third kappa shape index (κ3) is 3.41. The van der Waals surface area contributed by atoms with Crippen molar-refractivity contribution in [3.8, 4) is 0 Å². The lowest BCUT2D eigenvalue weighted by atomic mass is 9.99. The van der Waals surface area contributed by atoms with Gasteiger partial charge in [-0.05, 0) is 36.6 Å². The molecule has 94 valence electrons. The molecule has 0 bridgehead atoms. The van der Waals surface area contributed by atoms with Gasteiger partial charge in [-0.15, -0.1) is 0 Å². The summed E-state index contributed by atoms with van der Waals surface area (Å²) in [5.74, 6) is 0. The second kappa shape index (κ2) is 6.31. The Kier molecular flexibility index (Phi) is 4.48. The number of hydrogen-bond donors (Lipinski definition) is 1. The van der Waals surface area contributed by atoms with E-state index in [2.05, 4.69) is 60.5 Å². The minimum absolute atomic E-state index is 0.338. The summed E-state index contributed by atoms with van der Waals surface area (Å²) in [7, 11) is 0. The first-order valence-electron chi connectivity index (χ1n) is 6.48. The summed E-state index contributed by atoms with van der Waals surface area (Å²) >= 11 is 0. The molecule has 0 aliphatic rings. The number of likely N-dealkylation sites (N-methyl/N-ethyl adjacent to an activating group) is 1. The van der Waals surface area contributed by atoms with Crippen molar-refractivity contribution < 1.29 is 0 Å². The van der Waals surface area contributed by atoms with Crippen LogP contribution in [0.25, 0.3) is 0 Å². The molecule has 2 rings (SSSR count). The van der Waals surface area contributed by atoms with E-state index in [1.807, 2.05) is 12.4 Å². The number of nitrogens with zero attached hydrogens (tertiary/aromatic N) is 1. The van der Waals surface area contributed by atoms with Crippen LogP contribution in [0.15, 0.2) is 48.8 Å². The Balaban J connectivity index is 2.18. The Morgan fingerprint density at radius 1 is 1.17 bits per heavy atom. The van der Waals surface area contributed by atoms with Gasteiger partial charge in [-0.1, -0.05) is 43.3 Å². The Morgan fingerprint density at radius 3 is 2.61 bits per heavy atom. The third-order valence-electron chi connectivity index (χ3n) is 3.03. The Hall–Kier alpha value is -1.67. The van der Waals surface area contributed by atoms with Crippen molar-refractivity contribution in [3.05, 3.63) is 65.5 Å². The number of benzene rings is 1. The molecule has 0 amide bonds. The van der Waals surface area contributed by atoms with Crippen LogP contribution in [0, 0.1) is 6.92 Å². The molecule has 0 aliphatic carbocycles. The average molecular weight is 240 g/mol. The molecule has 1 aromatic heterocycles. The third-order valence-corrected chi connectivity index (χ3v) is 3.03. The van der Waals surface area contributed by atoms with Gasteiger partial charge in [-0.3, -0.25) is 4.98 Å². The van der Waals surface area contributed by atoms with Crippen LogP contribution in [0.2, 0.25) is 0 Å². The molecule has 2 aromatic rings. The minimum Gasteiger partial charge on any atom is -0.310 e. The van der Waals surface area contributed by atoms with Crippen molar-refractivity contribution in [3.63, 3.8) is 0 Å². The molecule has 0 aliphatic heterocycles. The molecule has 1 atom stereocenters. The molecule has 18 heavy (non-hydrogen) atoms. The molecule has 1 unspecified atom stereocenters. The molecule has 1 N–H and O–H groups in total. The van der Waals surface area contributed by atoms with E-state index in [1.165, 1.54) is 16.7 Å². The largest absolute Gasteiger partial charge is 0.310 e. The summed E-state index contributed by atoms with van der Waals surface area (Å²) in [6.07, 6.45) is 4.86. The average Bonchev–Trinajstić information content (AvgIpc) is 2.39. The summed E-state index contributed by atoms with van der Waals surface area (Å²) in [4.78, 5) is 4.29. The standard InChI is InChI=1S/C16H20N2/c1-3-18-16(10-14-7-5-4-6-8-14)15-9-13(2)11-17-12-15/h4-9,11-12,16,18H,3,10H2,1-2H3. The lowest BCUT2D eigenvalue weighted by Gasteiger charge is -2.18. The topological polar surface area (TPSA) is 24.9 Å². The van der Waals surface area contributed by atoms with Crippen molar-refractivity contribution in [1.82, 2.24) is 10.3 Å². The molecular formula is C16H20N2. The highest BCUT2D eigenvalue weighted by atomic mass is 14.9. The highest BCUT2D eigenvalue weighted by molar-refractivity contribution is 5.24. The SMILES string of the molecule is CCNC(Cc1ccccc1)c1cncc(C)c1. The molecule has 1 heterocycles. The van der Waals surface area contributed by atoms with Gasteiger partial charge in [-0.2, -0.15) is 0 Å². The molecule has 0 spiro atoms. The molecular weight excluding hydrogens is 220 g/mol. The van der Waals surface area contributed by atoms with Gasteiger partial charge in [0.25, 0.3) is 0 Å². The van der Waals surface area contributed by atoms with Crippen molar-refractivity contribution >= 4 is 0 Å². The summed E-state index contributed by atoms with van der Waals surface area (Å²) in [6, 6.07) is 13.1. The predicted molar refractivity (Wildman–Crippen MR) is 75.5 cm³/mol. The van der Waals surface area contributed by atoms with Crippen LogP contribution in [-0.2, 0) is 6.42 Å². The first-order chi connectivity index (χ1) is 8.79. The zero-order valence-corrected chi connectivity index (χ0v) is 11.1. The maximum absolute atomic E-state index is 4.29. The van der Waals surface area contributed by atoms with Crippen LogP contribution in [0.1, 0.15) is 29.7 Å². The number of rotatable bonds is 5. The second-order valence-corrected chi connectivity index (χ2v) is 4.60. The number of aryl methyl sites for hydroxylation is 1. The summed E-state index contributed by atoms with van der Waals surface area (Å²) in [5.41, 5.74) is 3.83. The van der Waals surface area contributed by atoms with Gasteiger partial charge in [-0.25, -0.2) is 0 Å². The van der Waals surface area contributed by atoms with Gasteiger partial charge in [0.2, 0.25) is 0 Å². The highest BCUT2D eigenvalue weighted by Gasteiger charge is 2.11. The van der Waals surface area contributed by atoms with Gasteiger partial charge in [0.1, 0.15) is 0 Å². The maximum atomic E-state index is 4.29. The highest BCUT2D eigenvalue weighted by Crippen LogP contribution is 2.18. The van der Waals surface area contributed by atoms with E-state index in [9.17, 15) is 0 Å². The lowest BCUT2D eigenvalue weighted by Crippen LogP contribution is -2.23. The molecule has 1 aromatic carbocycles. The Bertz CT molecular complexity index is 479. The van der Waals surface area contributed by atoms with Crippen LogP contribution >= 0.6 is 0 Å². The molecule has 0 fully saturated rings. The van der Waals surface area contributed by atoms with Crippen LogP contribution in [-0.4, -0.2) is 11.5 Å². The molecule has 2 heteroatoms. The summed E-state index contributed by atoms with van der Waals surface area (Å²) < 4.78 is 0. The monoisotopic (exact) mass is 240 g/mol. The van der Waals surface area contributed by atoms with Crippen molar-refractivity contribution in [1.29, 1.82) is 0 Å². The predicted octanol–water partition coefficient (Wildman–Crippen LogP) is 3.28. The number of pyridine rings is 1. The second-order valence-electron chi connectivity index (χ2n) is 4.60. The summed E-state index contributed by atoms with van der Waals surface area (Å²) in [6.45, 7) is 5.19. The van der Waals surface area contributed by atoms with Gasteiger partial charge in [0.05, 0.1) is 0 Å². The normalized spacial score (nSPS) is 12.3. The fourth-order valence-electron chi connectivity index (χ4n) is 2.17. The van der Waals surface area contributed by atoms with Crippen molar-refractivity contribution in [2.75, 3.05) is 6.54 Å². The van der Waals surface area contributed by atoms with Crippen LogP contribution in [0.3, 0.4) is 0 Å². The van der Waals surface area contributed by atoms with Gasteiger partial charge in [0.15, 0.2) is 0 Å². The van der Waals surface area contributed by atoms with E-state index in [1.54, 1.807) is 0 Å².